The first-order valence-electron chi connectivity index (χ1n) is 6.22. The van der Waals surface area contributed by atoms with Crippen LogP contribution in [0, 0.1) is 11.8 Å². The second kappa shape index (κ2) is 4.64. The topological polar surface area (TPSA) is 38.0 Å². The van der Waals surface area contributed by atoms with Crippen LogP contribution in [0.3, 0.4) is 0 Å². The summed E-state index contributed by atoms with van der Waals surface area (Å²) in [6.07, 6.45) is 4.14. The number of hydrogen-bond donors (Lipinski definition) is 2. The molecule has 2 fully saturated rings. The molecule has 1 aliphatic carbocycles. The van der Waals surface area contributed by atoms with Crippen LogP contribution in [0.2, 0.25) is 0 Å². The fourth-order valence-electron chi connectivity index (χ4n) is 2.52. The molecule has 0 aromatic rings. The molecule has 2 nitrogen and oxygen atoms in total. The Morgan fingerprint density at radius 2 is 2.27 bits per heavy atom. The number of nitrogens with one attached hydrogen (secondary N) is 1. The third kappa shape index (κ3) is 2.89. The molecule has 3 atom stereocenters. The van der Waals surface area contributed by atoms with Gasteiger partial charge in [-0.05, 0) is 37.6 Å². The van der Waals surface area contributed by atoms with Crippen molar-refractivity contribution in [3.05, 3.63) is 0 Å². The molecule has 2 aliphatic rings. The molecule has 0 aromatic heterocycles. The van der Waals surface area contributed by atoms with Gasteiger partial charge in [0.05, 0.1) is 0 Å². The Morgan fingerprint density at radius 1 is 1.53 bits per heavy atom. The zero-order chi connectivity index (χ0) is 10.9. The zero-order valence-electron chi connectivity index (χ0n) is 9.96. The Hall–Kier alpha value is 0.270. The van der Waals surface area contributed by atoms with Crippen LogP contribution in [0.1, 0.15) is 33.1 Å². The molecule has 1 saturated heterocycles. The maximum absolute atomic E-state index is 5.93. The van der Waals surface area contributed by atoms with E-state index < -0.39 is 0 Å². The summed E-state index contributed by atoms with van der Waals surface area (Å²) in [7, 11) is 0. The molecular formula is C12H24N2S. The molecule has 0 spiro atoms. The minimum Gasteiger partial charge on any atom is -0.329 e. The summed E-state index contributed by atoms with van der Waals surface area (Å²) in [6, 6.07) is 0. The van der Waals surface area contributed by atoms with Crippen LogP contribution in [-0.4, -0.2) is 29.6 Å². The SMILES string of the molecule is CC1CC(CN)(NCC(C)C2CC2)CS1. The average molecular weight is 228 g/mol. The van der Waals surface area contributed by atoms with Crippen molar-refractivity contribution in [2.75, 3.05) is 18.8 Å². The number of hydrogen-bond acceptors (Lipinski definition) is 3. The van der Waals surface area contributed by atoms with Crippen LogP contribution in [0.4, 0.5) is 0 Å². The van der Waals surface area contributed by atoms with Gasteiger partial charge in [-0.25, -0.2) is 0 Å². The summed E-state index contributed by atoms with van der Waals surface area (Å²) in [4.78, 5) is 0. The largest absolute Gasteiger partial charge is 0.329 e. The van der Waals surface area contributed by atoms with Gasteiger partial charge >= 0.3 is 0 Å². The lowest BCUT2D eigenvalue weighted by Gasteiger charge is -2.30. The Morgan fingerprint density at radius 3 is 2.73 bits per heavy atom. The summed E-state index contributed by atoms with van der Waals surface area (Å²) in [5, 5.41) is 4.53. The smallest absolute Gasteiger partial charge is 0.0405 e. The lowest BCUT2D eigenvalue weighted by molar-refractivity contribution is 0.323. The van der Waals surface area contributed by atoms with Crippen molar-refractivity contribution >= 4 is 11.8 Å². The Bertz CT molecular complexity index is 218. The van der Waals surface area contributed by atoms with Crippen molar-refractivity contribution in [1.29, 1.82) is 0 Å². The molecule has 0 bridgehead atoms. The fraction of sp³-hybridized carbons (Fsp3) is 1.00. The van der Waals surface area contributed by atoms with Crippen LogP contribution in [0.15, 0.2) is 0 Å². The fourth-order valence-corrected chi connectivity index (χ4v) is 3.90. The molecule has 0 radical (unpaired) electrons. The highest BCUT2D eigenvalue weighted by molar-refractivity contribution is 8.00. The van der Waals surface area contributed by atoms with E-state index in [1.165, 1.54) is 25.0 Å². The van der Waals surface area contributed by atoms with E-state index in [0.717, 1.165) is 30.2 Å². The van der Waals surface area contributed by atoms with Gasteiger partial charge < -0.3 is 11.1 Å². The molecule has 15 heavy (non-hydrogen) atoms. The monoisotopic (exact) mass is 228 g/mol. The molecule has 0 amide bonds. The van der Waals surface area contributed by atoms with Gasteiger partial charge in [0.1, 0.15) is 0 Å². The number of thioether (sulfide) groups is 1. The normalized spacial score (nSPS) is 38.2. The highest BCUT2D eigenvalue weighted by Crippen LogP contribution is 2.37. The van der Waals surface area contributed by atoms with Crippen LogP contribution >= 0.6 is 11.8 Å². The van der Waals surface area contributed by atoms with Gasteiger partial charge in [-0.2, -0.15) is 11.8 Å². The third-order valence-corrected chi connectivity index (χ3v) is 5.39. The van der Waals surface area contributed by atoms with E-state index in [4.69, 9.17) is 5.73 Å². The summed E-state index contributed by atoms with van der Waals surface area (Å²) < 4.78 is 0. The molecule has 3 heteroatoms. The van der Waals surface area contributed by atoms with E-state index in [0.29, 0.717) is 0 Å². The maximum atomic E-state index is 5.93. The van der Waals surface area contributed by atoms with E-state index in [1.54, 1.807) is 0 Å². The van der Waals surface area contributed by atoms with Crippen molar-refractivity contribution < 1.29 is 0 Å². The predicted molar refractivity (Wildman–Crippen MR) is 68.2 cm³/mol. The van der Waals surface area contributed by atoms with Crippen molar-refractivity contribution in [1.82, 2.24) is 5.32 Å². The van der Waals surface area contributed by atoms with Crippen molar-refractivity contribution in [2.45, 2.75) is 43.9 Å². The highest BCUT2D eigenvalue weighted by Gasteiger charge is 2.37. The zero-order valence-corrected chi connectivity index (χ0v) is 10.8. The van der Waals surface area contributed by atoms with E-state index in [1.807, 2.05) is 0 Å². The van der Waals surface area contributed by atoms with Gasteiger partial charge in [-0.1, -0.05) is 13.8 Å². The third-order valence-electron chi connectivity index (χ3n) is 3.94. The summed E-state index contributed by atoms with van der Waals surface area (Å²) in [5.41, 5.74) is 6.18. The average Bonchev–Trinajstić information content (AvgIpc) is 3.01. The van der Waals surface area contributed by atoms with Gasteiger partial charge in [-0.3, -0.25) is 0 Å². The van der Waals surface area contributed by atoms with Gasteiger partial charge in [0, 0.05) is 23.1 Å². The summed E-state index contributed by atoms with van der Waals surface area (Å²) >= 11 is 2.06. The first-order valence-corrected chi connectivity index (χ1v) is 7.27. The standard InChI is InChI=1S/C12H24N2S/c1-9(11-3-4-11)6-14-12(7-13)5-10(2)15-8-12/h9-11,14H,3-8,13H2,1-2H3. The second-order valence-corrected chi connectivity index (χ2v) is 6.93. The van der Waals surface area contributed by atoms with E-state index >= 15 is 0 Å². The summed E-state index contributed by atoms with van der Waals surface area (Å²) in [6.45, 7) is 6.64. The maximum Gasteiger partial charge on any atom is 0.0405 e. The first kappa shape index (κ1) is 11.7. The van der Waals surface area contributed by atoms with Crippen LogP contribution in [0.25, 0.3) is 0 Å². The Kier molecular flexibility index (Phi) is 3.63. The highest BCUT2D eigenvalue weighted by atomic mass is 32.2. The molecule has 3 unspecified atom stereocenters. The molecule has 0 aromatic carbocycles. The van der Waals surface area contributed by atoms with E-state index in [-0.39, 0.29) is 5.54 Å². The van der Waals surface area contributed by atoms with E-state index in [2.05, 4.69) is 30.9 Å². The number of rotatable bonds is 5. The van der Waals surface area contributed by atoms with Crippen LogP contribution < -0.4 is 11.1 Å². The number of nitrogens with two attached hydrogens (primary N) is 1. The van der Waals surface area contributed by atoms with Crippen molar-refractivity contribution in [3.8, 4) is 0 Å². The van der Waals surface area contributed by atoms with Crippen LogP contribution in [-0.2, 0) is 0 Å². The lowest BCUT2D eigenvalue weighted by atomic mass is 9.95. The minimum absolute atomic E-state index is 0.243. The van der Waals surface area contributed by atoms with Gasteiger partial charge in [-0.15, -0.1) is 0 Å². The first-order chi connectivity index (χ1) is 7.15. The van der Waals surface area contributed by atoms with E-state index in [9.17, 15) is 0 Å². The van der Waals surface area contributed by atoms with Crippen LogP contribution in [0.5, 0.6) is 0 Å². The molecule has 3 N–H and O–H groups in total. The second-order valence-electron chi connectivity index (χ2n) is 5.51. The molecule has 1 saturated carbocycles. The Labute approximate surface area is 97.8 Å². The molecular weight excluding hydrogens is 204 g/mol. The lowest BCUT2D eigenvalue weighted by Crippen LogP contribution is -2.53. The van der Waals surface area contributed by atoms with Crippen molar-refractivity contribution in [3.63, 3.8) is 0 Å². The quantitative estimate of drug-likeness (QED) is 0.754. The van der Waals surface area contributed by atoms with Crippen molar-refractivity contribution in [2.24, 2.45) is 17.6 Å². The Balaban J connectivity index is 1.79. The van der Waals surface area contributed by atoms with Gasteiger partial charge in [0.2, 0.25) is 0 Å². The van der Waals surface area contributed by atoms with Gasteiger partial charge in [0.25, 0.3) is 0 Å². The molecule has 2 rings (SSSR count). The molecule has 1 aliphatic heterocycles. The van der Waals surface area contributed by atoms with Gasteiger partial charge in [0.15, 0.2) is 0 Å². The molecule has 88 valence electrons. The summed E-state index contributed by atoms with van der Waals surface area (Å²) in [5.74, 6) is 3.04. The predicted octanol–water partition coefficient (Wildman–Crippen LogP) is 1.84. The minimum atomic E-state index is 0.243. The molecule has 1 heterocycles.